The summed E-state index contributed by atoms with van der Waals surface area (Å²) < 4.78 is 9.28. The Morgan fingerprint density at radius 2 is 0.829 bits per heavy atom. The van der Waals surface area contributed by atoms with Crippen molar-refractivity contribution in [2.75, 3.05) is 0 Å². The number of nitrogens with zero attached hydrogens (tertiary/aromatic N) is 4. The van der Waals surface area contributed by atoms with Gasteiger partial charge in [-0.15, -0.1) is 11.3 Å². The maximum absolute atomic E-state index is 6.70. The van der Waals surface area contributed by atoms with E-state index in [4.69, 9.17) is 24.4 Å². The zero-order valence-corrected chi connectivity index (χ0v) is 38.4. The second-order valence-corrected chi connectivity index (χ2v) is 18.8. The van der Waals surface area contributed by atoms with Gasteiger partial charge in [-0.2, -0.15) is 0 Å². The van der Waals surface area contributed by atoms with Gasteiger partial charge in [-0.05, 0) is 46.5 Å². The van der Waals surface area contributed by atoms with E-state index >= 15 is 0 Å². The number of benzene rings is 10. The number of pyridine rings is 1. The summed E-state index contributed by atoms with van der Waals surface area (Å²) in [6, 6.07) is 80.9. The molecule has 0 aliphatic carbocycles. The van der Waals surface area contributed by atoms with Gasteiger partial charge in [0.15, 0.2) is 17.5 Å². The molecule has 0 N–H and O–H groups in total. The summed E-state index contributed by atoms with van der Waals surface area (Å²) in [5.74, 6) is 1.91. The second kappa shape index (κ2) is 16.3. The van der Waals surface area contributed by atoms with Crippen LogP contribution in [-0.4, -0.2) is 19.9 Å². The van der Waals surface area contributed by atoms with Crippen molar-refractivity contribution in [2.24, 2.45) is 0 Å². The predicted molar refractivity (Wildman–Crippen MR) is 291 cm³/mol. The number of para-hydroxylation sites is 2. The van der Waals surface area contributed by atoms with Crippen molar-refractivity contribution in [2.45, 2.75) is 0 Å². The predicted octanol–water partition coefficient (Wildman–Crippen LogP) is 17.5. The van der Waals surface area contributed by atoms with Gasteiger partial charge in [-0.1, -0.05) is 206 Å². The van der Waals surface area contributed by atoms with Crippen LogP contribution in [0.5, 0.6) is 0 Å². The van der Waals surface area contributed by atoms with Crippen LogP contribution in [0, 0.1) is 0 Å². The number of furan rings is 1. The average molecular weight is 911 g/mol. The standard InChI is InChI=1S/C64H38N4OS/c1-4-14-42(15-5-1)59-52-35-37-56-58(50-20-10-11-25-55(50)70-56)57(52)51-24-12-21-47(60(51)65-59)40-28-30-41(31-29-40)48-22-13-23-49-53-38-46(34-36-54(53)69-61(48)49)39-26-32-45(33-27-39)64-67-62(43-16-6-2-7-17-43)66-63(68-64)44-18-8-3-9-19-44/h1-38H. The Kier molecular flexibility index (Phi) is 9.32. The molecule has 326 valence electrons. The van der Waals surface area contributed by atoms with E-state index in [1.807, 2.05) is 72.0 Å². The van der Waals surface area contributed by atoms with Gasteiger partial charge in [0.1, 0.15) is 11.2 Å². The van der Waals surface area contributed by atoms with Crippen LogP contribution in [0.4, 0.5) is 0 Å². The first-order valence-corrected chi connectivity index (χ1v) is 24.3. The van der Waals surface area contributed by atoms with E-state index in [-0.39, 0.29) is 0 Å². The van der Waals surface area contributed by atoms with Crippen molar-refractivity contribution in [1.29, 1.82) is 0 Å². The second-order valence-electron chi connectivity index (χ2n) is 17.7. The molecule has 0 spiro atoms. The summed E-state index contributed by atoms with van der Waals surface area (Å²) in [6.07, 6.45) is 0. The molecular weight excluding hydrogens is 873 g/mol. The third-order valence-electron chi connectivity index (χ3n) is 13.6. The van der Waals surface area contributed by atoms with Crippen LogP contribution < -0.4 is 0 Å². The zero-order valence-electron chi connectivity index (χ0n) is 37.5. The van der Waals surface area contributed by atoms with Gasteiger partial charge in [-0.25, -0.2) is 19.9 Å². The molecule has 0 saturated carbocycles. The largest absolute Gasteiger partial charge is 0.455 e. The molecule has 0 fully saturated rings. The maximum Gasteiger partial charge on any atom is 0.164 e. The van der Waals surface area contributed by atoms with Crippen molar-refractivity contribution in [3.8, 4) is 78.8 Å². The summed E-state index contributed by atoms with van der Waals surface area (Å²) in [4.78, 5) is 20.3. The highest BCUT2D eigenvalue weighted by Gasteiger charge is 2.20. The summed E-state index contributed by atoms with van der Waals surface area (Å²) in [5, 5.41) is 8.31. The molecule has 0 unspecified atom stereocenters. The Labute approximate surface area is 406 Å². The minimum absolute atomic E-state index is 0.629. The maximum atomic E-state index is 6.70. The van der Waals surface area contributed by atoms with Crippen molar-refractivity contribution >= 4 is 75.1 Å². The van der Waals surface area contributed by atoms with Crippen LogP contribution in [0.3, 0.4) is 0 Å². The minimum Gasteiger partial charge on any atom is -0.455 e. The number of fused-ring (bicyclic) bond motifs is 10. The topological polar surface area (TPSA) is 64.7 Å². The molecule has 4 heterocycles. The zero-order chi connectivity index (χ0) is 46.1. The first-order valence-electron chi connectivity index (χ1n) is 23.4. The fourth-order valence-electron chi connectivity index (χ4n) is 10.2. The molecule has 14 rings (SSSR count). The molecule has 0 aliphatic heterocycles. The number of rotatable bonds is 7. The lowest BCUT2D eigenvalue weighted by Gasteiger charge is -2.15. The van der Waals surface area contributed by atoms with Gasteiger partial charge in [-0.3, -0.25) is 0 Å². The van der Waals surface area contributed by atoms with Gasteiger partial charge in [0.05, 0.1) is 11.2 Å². The van der Waals surface area contributed by atoms with Crippen molar-refractivity contribution in [3.05, 3.63) is 231 Å². The first-order chi connectivity index (χ1) is 34.7. The Hall–Kier alpha value is -9.10. The van der Waals surface area contributed by atoms with Gasteiger partial charge in [0.2, 0.25) is 0 Å². The van der Waals surface area contributed by atoms with Crippen LogP contribution in [-0.2, 0) is 0 Å². The van der Waals surface area contributed by atoms with Crippen LogP contribution >= 0.6 is 11.3 Å². The molecule has 10 aromatic carbocycles. The van der Waals surface area contributed by atoms with Gasteiger partial charge < -0.3 is 4.42 Å². The van der Waals surface area contributed by atoms with E-state index in [2.05, 4.69) is 170 Å². The minimum atomic E-state index is 0.629. The lowest BCUT2D eigenvalue weighted by molar-refractivity contribution is 0.670. The highest BCUT2D eigenvalue weighted by Crippen LogP contribution is 2.45. The highest BCUT2D eigenvalue weighted by atomic mass is 32.1. The molecule has 14 aromatic rings. The third-order valence-corrected chi connectivity index (χ3v) is 14.7. The molecule has 0 atom stereocenters. The monoisotopic (exact) mass is 910 g/mol. The quantitative estimate of drug-likeness (QED) is 0.149. The lowest BCUT2D eigenvalue weighted by atomic mass is 9.93. The van der Waals surface area contributed by atoms with E-state index in [1.165, 1.54) is 25.6 Å². The molecule has 0 amide bonds. The fraction of sp³-hybridized carbons (Fsp3) is 0. The van der Waals surface area contributed by atoms with E-state index in [9.17, 15) is 0 Å². The smallest absolute Gasteiger partial charge is 0.164 e. The van der Waals surface area contributed by atoms with Gasteiger partial charge >= 0.3 is 0 Å². The van der Waals surface area contributed by atoms with E-state index in [0.717, 1.165) is 99.6 Å². The Balaban J connectivity index is 0.821. The van der Waals surface area contributed by atoms with Crippen LogP contribution in [0.25, 0.3) is 143 Å². The molecule has 5 nitrogen and oxygen atoms in total. The average Bonchev–Trinajstić information content (AvgIpc) is 4.02. The SMILES string of the molecule is c1ccc(-c2nc(-c3ccccc3)nc(-c3ccc(-c4ccc5oc6c(-c7ccc(-c8cccc9c8nc(-c8ccccc8)c8ccc%10sc%11ccccc%11c%10c89)cc7)cccc6c5c4)cc3)n2)cc1. The van der Waals surface area contributed by atoms with E-state index < -0.39 is 0 Å². The Bertz CT molecular complexity index is 4260. The van der Waals surface area contributed by atoms with Crippen LogP contribution in [0.2, 0.25) is 0 Å². The fourth-order valence-corrected chi connectivity index (χ4v) is 11.3. The molecular formula is C64H38N4OS. The number of aromatic nitrogens is 4. The Morgan fingerprint density at radius 1 is 0.300 bits per heavy atom. The molecule has 0 aliphatic rings. The summed E-state index contributed by atoms with van der Waals surface area (Å²) in [6.45, 7) is 0. The van der Waals surface area contributed by atoms with Gasteiger partial charge in [0.25, 0.3) is 0 Å². The normalized spacial score (nSPS) is 11.7. The molecule has 6 heteroatoms. The molecule has 0 bridgehead atoms. The Morgan fingerprint density at radius 3 is 1.51 bits per heavy atom. The van der Waals surface area contributed by atoms with Crippen molar-refractivity contribution < 1.29 is 4.42 Å². The third kappa shape index (κ3) is 6.68. The van der Waals surface area contributed by atoms with Crippen molar-refractivity contribution in [1.82, 2.24) is 19.9 Å². The highest BCUT2D eigenvalue weighted by molar-refractivity contribution is 7.26. The first kappa shape index (κ1) is 40.0. The number of thiophene rings is 1. The van der Waals surface area contributed by atoms with Crippen LogP contribution in [0.15, 0.2) is 235 Å². The summed E-state index contributed by atoms with van der Waals surface area (Å²) >= 11 is 1.85. The molecule has 0 saturated heterocycles. The molecule has 0 radical (unpaired) electrons. The van der Waals surface area contributed by atoms with Crippen LogP contribution in [0.1, 0.15) is 0 Å². The van der Waals surface area contributed by atoms with E-state index in [0.29, 0.717) is 17.5 Å². The molecule has 70 heavy (non-hydrogen) atoms. The molecule has 4 aromatic heterocycles. The number of hydrogen-bond donors (Lipinski definition) is 0. The number of hydrogen-bond acceptors (Lipinski definition) is 6. The summed E-state index contributed by atoms with van der Waals surface area (Å²) in [5.41, 5.74) is 14.2. The lowest BCUT2D eigenvalue weighted by Crippen LogP contribution is -2.00. The summed E-state index contributed by atoms with van der Waals surface area (Å²) in [7, 11) is 0. The van der Waals surface area contributed by atoms with Crippen molar-refractivity contribution in [3.63, 3.8) is 0 Å². The van der Waals surface area contributed by atoms with E-state index in [1.54, 1.807) is 0 Å². The van der Waals surface area contributed by atoms with Gasteiger partial charge in [0, 0.05) is 80.5 Å².